The van der Waals surface area contributed by atoms with Crippen molar-refractivity contribution in [2.24, 2.45) is 0 Å². The molecule has 0 radical (unpaired) electrons. The van der Waals surface area contributed by atoms with Crippen molar-refractivity contribution in [1.82, 2.24) is 5.32 Å². The van der Waals surface area contributed by atoms with Gasteiger partial charge in [0.25, 0.3) is 0 Å². The molecule has 2 atom stereocenters. The van der Waals surface area contributed by atoms with Gasteiger partial charge in [0.2, 0.25) is 5.91 Å². The average Bonchev–Trinajstić information content (AvgIpc) is 3.40. The van der Waals surface area contributed by atoms with Crippen LogP contribution in [-0.2, 0) is 14.3 Å². The van der Waals surface area contributed by atoms with E-state index < -0.39 is 12.1 Å². The molecule has 0 aromatic rings. The highest BCUT2D eigenvalue weighted by Gasteiger charge is 2.20. The minimum absolute atomic E-state index is 0.00000762. The summed E-state index contributed by atoms with van der Waals surface area (Å²) in [5.74, 6) is -0.0382. The fraction of sp³-hybridized carbons (Fsp3) is 0.882. The van der Waals surface area contributed by atoms with Crippen molar-refractivity contribution >= 4 is 11.9 Å². The maximum absolute atomic E-state index is 12.5. The van der Waals surface area contributed by atoms with E-state index in [1.54, 1.807) is 0 Å². The van der Waals surface area contributed by atoms with Crippen LogP contribution in [0, 0.1) is 0 Å². The second-order valence-corrected chi connectivity index (χ2v) is 22.8. The van der Waals surface area contributed by atoms with E-state index in [-0.39, 0.29) is 18.5 Å². The van der Waals surface area contributed by atoms with Gasteiger partial charge in [-0.2, -0.15) is 0 Å². The first-order valence-electron chi connectivity index (χ1n) is 33.2. The van der Waals surface area contributed by atoms with Gasteiger partial charge in [-0.05, 0) is 83.5 Å². The first kappa shape index (κ1) is 72.1. The van der Waals surface area contributed by atoms with E-state index in [0.717, 1.165) is 51.4 Å². The monoisotopic (exact) mass is 1040 g/mol. The highest BCUT2D eigenvalue weighted by Crippen LogP contribution is 2.18. The molecular formula is C68H129NO5. The Labute approximate surface area is 462 Å². The summed E-state index contributed by atoms with van der Waals surface area (Å²) < 4.78 is 5.47. The van der Waals surface area contributed by atoms with Crippen molar-refractivity contribution in [1.29, 1.82) is 0 Å². The molecule has 0 heterocycles. The van der Waals surface area contributed by atoms with E-state index >= 15 is 0 Å². The Balaban J connectivity index is 3.44. The van der Waals surface area contributed by atoms with Crippen LogP contribution >= 0.6 is 0 Å². The summed E-state index contributed by atoms with van der Waals surface area (Å²) >= 11 is 0. The van der Waals surface area contributed by atoms with E-state index in [4.69, 9.17) is 4.74 Å². The summed E-state index contributed by atoms with van der Waals surface area (Å²) in [4.78, 5) is 24.6. The predicted octanol–water partition coefficient (Wildman–Crippen LogP) is 21.1. The standard InChI is InChI=1S/C68H129NO5/c1-3-5-7-9-11-13-15-17-18-19-27-30-33-37-40-44-48-52-56-60-66(71)65(64-70)69-67(72)61-57-53-49-45-41-38-34-31-28-25-23-21-20-22-24-26-29-32-35-39-43-47-51-55-59-63-74-68(73)62-58-54-50-46-42-36-16-14-12-10-8-6-4-2/h14,16,21-24,65-66,70-71H,3-13,15,17-20,25-64H2,1-2H3,(H,69,72)/b16-14-,23-21-,24-22-. The van der Waals surface area contributed by atoms with Crippen LogP contribution in [0.4, 0.5) is 0 Å². The van der Waals surface area contributed by atoms with Crippen molar-refractivity contribution in [3.63, 3.8) is 0 Å². The maximum atomic E-state index is 12.5. The summed E-state index contributed by atoms with van der Waals surface area (Å²) in [7, 11) is 0. The second kappa shape index (κ2) is 63.6. The number of hydrogen-bond acceptors (Lipinski definition) is 5. The van der Waals surface area contributed by atoms with E-state index in [2.05, 4.69) is 55.6 Å². The summed E-state index contributed by atoms with van der Waals surface area (Å²) in [5, 5.41) is 23.4. The number of nitrogens with one attached hydrogen (secondary N) is 1. The number of aliphatic hydroxyl groups excluding tert-OH is 2. The Kier molecular flexibility index (Phi) is 62.0. The molecule has 0 spiro atoms. The Hall–Kier alpha value is -1.92. The van der Waals surface area contributed by atoms with Crippen LogP contribution in [0.15, 0.2) is 36.5 Å². The number of carbonyl (C=O) groups excluding carboxylic acids is 2. The van der Waals surface area contributed by atoms with Crippen LogP contribution in [0.5, 0.6) is 0 Å². The lowest BCUT2D eigenvalue weighted by atomic mass is 10.0. The van der Waals surface area contributed by atoms with Gasteiger partial charge in [0.15, 0.2) is 0 Å². The second-order valence-electron chi connectivity index (χ2n) is 22.8. The molecular weight excluding hydrogens is 911 g/mol. The fourth-order valence-corrected chi connectivity index (χ4v) is 10.3. The van der Waals surface area contributed by atoms with Crippen molar-refractivity contribution in [3.05, 3.63) is 36.5 Å². The summed E-state index contributed by atoms with van der Waals surface area (Å²) in [6.07, 6.45) is 80.2. The molecule has 436 valence electrons. The number of carbonyl (C=O) groups is 2. The zero-order valence-electron chi connectivity index (χ0n) is 49.8. The van der Waals surface area contributed by atoms with Gasteiger partial charge in [0, 0.05) is 12.8 Å². The first-order chi connectivity index (χ1) is 36.5. The third kappa shape index (κ3) is 59.3. The summed E-state index contributed by atoms with van der Waals surface area (Å²) in [6.45, 7) is 4.95. The Bertz CT molecular complexity index is 1200. The number of aliphatic hydroxyl groups is 2. The van der Waals surface area contributed by atoms with Crippen LogP contribution in [-0.4, -0.2) is 47.4 Å². The molecule has 0 rings (SSSR count). The summed E-state index contributed by atoms with van der Waals surface area (Å²) in [5.41, 5.74) is 0. The van der Waals surface area contributed by atoms with E-state index in [0.29, 0.717) is 25.9 Å². The molecule has 2 unspecified atom stereocenters. The van der Waals surface area contributed by atoms with Gasteiger partial charge in [0.05, 0.1) is 25.4 Å². The van der Waals surface area contributed by atoms with Gasteiger partial charge in [-0.15, -0.1) is 0 Å². The first-order valence-corrected chi connectivity index (χ1v) is 33.2. The Morgan fingerprint density at radius 3 is 1.05 bits per heavy atom. The summed E-state index contributed by atoms with van der Waals surface area (Å²) in [6, 6.07) is -0.547. The molecule has 74 heavy (non-hydrogen) atoms. The zero-order valence-corrected chi connectivity index (χ0v) is 49.8. The van der Waals surface area contributed by atoms with Gasteiger partial charge >= 0.3 is 5.97 Å². The van der Waals surface area contributed by atoms with Crippen LogP contribution in [0.25, 0.3) is 0 Å². The third-order valence-electron chi connectivity index (χ3n) is 15.4. The lowest BCUT2D eigenvalue weighted by Gasteiger charge is -2.22. The quantitative estimate of drug-likeness (QED) is 0.0320. The largest absolute Gasteiger partial charge is 0.466 e. The predicted molar refractivity (Wildman–Crippen MR) is 324 cm³/mol. The Morgan fingerprint density at radius 1 is 0.378 bits per heavy atom. The maximum Gasteiger partial charge on any atom is 0.305 e. The number of esters is 1. The number of hydrogen-bond donors (Lipinski definition) is 3. The lowest BCUT2D eigenvalue weighted by Crippen LogP contribution is -2.45. The molecule has 0 saturated heterocycles. The van der Waals surface area contributed by atoms with Gasteiger partial charge < -0.3 is 20.3 Å². The van der Waals surface area contributed by atoms with Crippen LogP contribution in [0.2, 0.25) is 0 Å². The van der Waals surface area contributed by atoms with Gasteiger partial charge in [-0.25, -0.2) is 0 Å². The van der Waals surface area contributed by atoms with Crippen LogP contribution < -0.4 is 5.32 Å². The molecule has 0 aliphatic rings. The molecule has 0 fully saturated rings. The molecule has 0 aromatic carbocycles. The minimum Gasteiger partial charge on any atom is -0.466 e. The molecule has 0 aliphatic carbocycles. The molecule has 3 N–H and O–H groups in total. The van der Waals surface area contributed by atoms with Gasteiger partial charge in [0.1, 0.15) is 0 Å². The van der Waals surface area contributed by atoms with Gasteiger partial charge in [-0.3, -0.25) is 9.59 Å². The van der Waals surface area contributed by atoms with Crippen molar-refractivity contribution < 1.29 is 24.5 Å². The van der Waals surface area contributed by atoms with Gasteiger partial charge in [-0.1, -0.05) is 301 Å². The smallest absolute Gasteiger partial charge is 0.305 e. The SMILES string of the molecule is CCCCCC/C=C\CCCCCCCC(=O)OCCCCCCCCCCC/C=C\C/C=C\CCCCCCCCCCCC(=O)NC(CO)C(O)CCCCCCCCCCCCCCCCCCCCC. The van der Waals surface area contributed by atoms with Crippen LogP contribution in [0.3, 0.4) is 0 Å². The van der Waals surface area contributed by atoms with Crippen molar-refractivity contribution in [3.8, 4) is 0 Å². The molecule has 0 aliphatic heterocycles. The number of unbranched alkanes of at least 4 members (excludes halogenated alkanes) is 45. The minimum atomic E-state index is -0.669. The molecule has 1 amide bonds. The highest BCUT2D eigenvalue weighted by molar-refractivity contribution is 5.76. The third-order valence-corrected chi connectivity index (χ3v) is 15.4. The molecule has 6 heteroatoms. The topological polar surface area (TPSA) is 95.9 Å². The zero-order chi connectivity index (χ0) is 53.6. The lowest BCUT2D eigenvalue weighted by molar-refractivity contribution is -0.143. The molecule has 0 bridgehead atoms. The van der Waals surface area contributed by atoms with E-state index in [9.17, 15) is 19.8 Å². The van der Waals surface area contributed by atoms with E-state index in [1.807, 2.05) is 0 Å². The number of rotatable bonds is 62. The van der Waals surface area contributed by atoms with Crippen LogP contribution in [0.1, 0.15) is 361 Å². The van der Waals surface area contributed by atoms with Crippen molar-refractivity contribution in [2.75, 3.05) is 13.2 Å². The number of amides is 1. The normalized spacial score (nSPS) is 12.8. The molecule has 6 nitrogen and oxygen atoms in total. The average molecular weight is 1040 g/mol. The fourth-order valence-electron chi connectivity index (χ4n) is 10.3. The molecule has 0 aromatic heterocycles. The number of allylic oxidation sites excluding steroid dienone is 6. The van der Waals surface area contributed by atoms with E-state index in [1.165, 1.54) is 276 Å². The van der Waals surface area contributed by atoms with Crippen molar-refractivity contribution in [2.45, 2.75) is 373 Å². The number of ether oxygens (including phenoxy) is 1. The molecule has 0 saturated carbocycles. The Morgan fingerprint density at radius 2 is 0.676 bits per heavy atom. The highest BCUT2D eigenvalue weighted by atomic mass is 16.5.